The molecular formula is C11H21N3O2S. The van der Waals surface area contributed by atoms with Gasteiger partial charge >= 0.3 is 0 Å². The molecule has 0 amide bonds. The maximum atomic E-state index is 11.9. The molecule has 6 heteroatoms. The third-order valence-corrected chi connectivity index (χ3v) is 5.29. The summed E-state index contributed by atoms with van der Waals surface area (Å²) < 4.78 is 24.7. The molecule has 0 spiro atoms. The van der Waals surface area contributed by atoms with Crippen LogP contribution < -0.4 is 5.73 Å². The fraction of sp³-hybridized carbons (Fsp3) is 0.727. The van der Waals surface area contributed by atoms with Crippen LogP contribution in [0.4, 0.5) is 0 Å². The summed E-state index contributed by atoms with van der Waals surface area (Å²) in [4.78, 5) is 0. The maximum absolute atomic E-state index is 11.9. The van der Waals surface area contributed by atoms with Gasteiger partial charge in [-0.25, -0.2) is 8.42 Å². The standard InChI is InChI=1S/C11H21N3O2S/c1-9(12)10-7-13-14(8-10)5-6-17(15,16)11(2,3)4/h7-9H,5-6,12H2,1-4H3. The van der Waals surface area contributed by atoms with Crippen LogP contribution in [0.1, 0.15) is 39.3 Å². The molecule has 0 fully saturated rings. The van der Waals surface area contributed by atoms with E-state index >= 15 is 0 Å². The van der Waals surface area contributed by atoms with Crippen molar-refractivity contribution in [3.05, 3.63) is 18.0 Å². The van der Waals surface area contributed by atoms with Gasteiger partial charge in [-0.1, -0.05) is 0 Å². The third kappa shape index (κ3) is 3.54. The number of nitrogens with two attached hydrogens (primary N) is 1. The summed E-state index contributed by atoms with van der Waals surface area (Å²) in [5, 5.41) is 4.09. The first-order valence-electron chi connectivity index (χ1n) is 5.64. The van der Waals surface area contributed by atoms with Crippen LogP contribution in [-0.2, 0) is 16.4 Å². The van der Waals surface area contributed by atoms with Crippen LogP contribution in [0.5, 0.6) is 0 Å². The van der Waals surface area contributed by atoms with Gasteiger partial charge in [0.05, 0.1) is 23.2 Å². The zero-order valence-electron chi connectivity index (χ0n) is 10.8. The van der Waals surface area contributed by atoms with E-state index in [9.17, 15) is 8.42 Å². The quantitative estimate of drug-likeness (QED) is 0.878. The lowest BCUT2D eigenvalue weighted by Crippen LogP contribution is -2.32. The summed E-state index contributed by atoms with van der Waals surface area (Å²) in [6.07, 6.45) is 3.47. The molecule has 0 saturated heterocycles. The van der Waals surface area contributed by atoms with E-state index in [4.69, 9.17) is 5.73 Å². The molecular weight excluding hydrogens is 238 g/mol. The maximum Gasteiger partial charge on any atom is 0.157 e. The second-order valence-electron chi connectivity index (χ2n) is 5.26. The van der Waals surface area contributed by atoms with Crippen molar-refractivity contribution in [3.8, 4) is 0 Å². The summed E-state index contributed by atoms with van der Waals surface area (Å²) in [5.74, 6) is 0.0938. The van der Waals surface area contributed by atoms with Crippen molar-refractivity contribution < 1.29 is 8.42 Å². The summed E-state index contributed by atoms with van der Waals surface area (Å²) in [6.45, 7) is 7.36. The highest BCUT2D eigenvalue weighted by Gasteiger charge is 2.28. The van der Waals surface area contributed by atoms with Crippen molar-refractivity contribution >= 4 is 9.84 Å². The number of sulfone groups is 1. The molecule has 0 aliphatic carbocycles. The molecule has 0 aromatic carbocycles. The molecule has 1 unspecified atom stereocenters. The summed E-state index contributed by atoms with van der Waals surface area (Å²) >= 11 is 0. The Labute approximate surface area is 103 Å². The molecule has 98 valence electrons. The van der Waals surface area contributed by atoms with Gasteiger partial charge in [0.1, 0.15) is 0 Å². The molecule has 1 atom stereocenters. The van der Waals surface area contributed by atoms with Gasteiger partial charge in [-0.2, -0.15) is 5.10 Å². The number of hydrogen-bond acceptors (Lipinski definition) is 4. The molecule has 2 N–H and O–H groups in total. The molecule has 0 saturated carbocycles. The molecule has 1 heterocycles. The Morgan fingerprint density at radius 2 is 2.06 bits per heavy atom. The van der Waals surface area contributed by atoms with Crippen LogP contribution in [0.2, 0.25) is 0 Å². The molecule has 17 heavy (non-hydrogen) atoms. The molecule has 1 aromatic heterocycles. The van der Waals surface area contributed by atoms with Gasteiger partial charge in [-0.3, -0.25) is 4.68 Å². The molecule has 0 aliphatic heterocycles. The SMILES string of the molecule is CC(N)c1cnn(CCS(=O)(=O)C(C)(C)C)c1. The number of rotatable bonds is 4. The van der Waals surface area contributed by atoms with Crippen LogP contribution in [0, 0.1) is 0 Å². The lowest BCUT2D eigenvalue weighted by atomic mass is 10.2. The van der Waals surface area contributed by atoms with Gasteiger partial charge in [0, 0.05) is 17.8 Å². The highest BCUT2D eigenvalue weighted by Crippen LogP contribution is 2.16. The van der Waals surface area contributed by atoms with Crippen LogP contribution in [0.3, 0.4) is 0 Å². The van der Waals surface area contributed by atoms with Crippen LogP contribution in [0.15, 0.2) is 12.4 Å². The van der Waals surface area contributed by atoms with Crippen molar-refractivity contribution in [2.75, 3.05) is 5.75 Å². The smallest absolute Gasteiger partial charge is 0.157 e. The van der Waals surface area contributed by atoms with Gasteiger partial charge in [0.2, 0.25) is 0 Å². The van der Waals surface area contributed by atoms with Gasteiger partial charge in [0.25, 0.3) is 0 Å². The van der Waals surface area contributed by atoms with E-state index < -0.39 is 14.6 Å². The minimum atomic E-state index is -3.10. The molecule has 5 nitrogen and oxygen atoms in total. The molecule has 0 radical (unpaired) electrons. The fourth-order valence-electron chi connectivity index (χ4n) is 1.26. The Hall–Kier alpha value is -0.880. The van der Waals surface area contributed by atoms with Gasteiger partial charge in [0.15, 0.2) is 9.84 Å². The van der Waals surface area contributed by atoms with E-state index in [1.807, 2.05) is 6.92 Å². The van der Waals surface area contributed by atoms with E-state index in [-0.39, 0.29) is 11.8 Å². The second kappa shape index (κ2) is 4.78. The van der Waals surface area contributed by atoms with Crippen LogP contribution in [0.25, 0.3) is 0 Å². The largest absolute Gasteiger partial charge is 0.324 e. The Kier molecular flexibility index (Phi) is 3.99. The lowest BCUT2D eigenvalue weighted by molar-refractivity contribution is 0.548. The van der Waals surface area contributed by atoms with Crippen LogP contribution in [-0.4, -0.2) is 28.7 Å². The topological polar surface area (TPSA) is 78.0 Å². The number of aromatic nitrogens is 2. The first-order chi connectivity index (χ1) is 7.63. The first kappa shape index (κ1) is 14.2. The summed E-state index contributed by atoms with van der Waals surface area (Å²) in [5.41, 5.74) is 6.62. The number of hydrogen-bond donors (Lipinski definition) is 1. The number of nitrogens with zero attached hydrogens (tertiary/aromatic N) is 2. The van der Waals surface area contributed by atoms with Crippen molar-refractivity contribution in [2.45, 2.75) is 45.0 Å². The van der Waals surface area contributed by atoms with Gasteiger partial charge in [-0.15, -0.1) is 0 Å². The van der Waals surface area contributed by atoms with Gasteiger partial charge < -0.3 is 5.73 Å². The van der Waals surface area contributed by atoms with Crippen molar-refractivity contribution in [3.63, 3.8) is 0 Å². The van der Waals surface area contributed by atoms with Crippen LogP contribution >= 0.6 is 0 Å². The van der Waals surface area contributed by atoms with Crippen molar-refractivity contribution in [1.29, 1.82) is 0 Å². The molecule has 1 rings (SSSR count). The van der Waals surface area contributed by atoms with E-state index in [1.165, 1.54) is 0 Å². The second-order valence-corrected chi connectivity index (χ2v) is 8.12. The molecule has 1 aromatic rings. The first-order valence-corrected chi connectivity index (χ1v) is 7.29. The lowest BCUT2D eigenvalue weighted by Gasteiger charge is -2.18. The zero-order valence-corrected chi connectivity index (χ0v) is 11.7. The summed E-state index contributed by atoms with van der Waals surface area (Å²) in [6, 6.07) is -0.0806. The molecule has 0 bridgehead atoms. The van der Waals surface area contributed by atoms with Gasteiger partial charge in [-0.05, 0) is 27.7 Å². The highest BCUT2D eigenvalue weighted by molar-refractivity contribution is 7.92. The Balaban J connectivity index is 2.68. The Morgan fingerprint density at radius 1 is 1.47 bits per heavy atom. The Bertz CT molecular complexity index is 469. The predicted octanol–water partition coefficient (Wildman–Crippen LogP) is 1.12. The average molecular weight is 259 g/mol. The van der Waals surface area contributed by atoms with Crippen molar-refractivity contribution in [1.82, 2.24) is 9.78 Å². The third-order valence-electron chi connectivity index (χ3n) is 2.70. The van der Waals surface area contributed by atoms with Crippen molar-refractivity contribution in [2.24, 2.45) is 5.73 Å². The minimum Gasteiger partial charge on any atom is -0.324 e. The highest BCUT2D eigenvalue weighted by atomic mass is 32.2. The Morgan fingerprint density at radius 3 is 2.47 bits per heavy atom. The molecule has 0 aliphatic rings. The monoisotopic (exact) mass is 259 g/mol. The zero-order chi connectivity index (χ0) is 13.3. The normalized spacial score (nSPS) is 14.9. The number of aryl methyl sites for hydroxylation is 1. The summed E-state index contributed by atoms with van der Waals surface area (Å²) in [7, 11) is -3.10. The van der Waals surface area contributed by atoms with E-state index in [1.54, 1.807) is 37.8 Å². The van der Waals surface area contributed by atoms with E-state index in [0.717, 1.165) is 5.56 Å². The predicted molar refractivity (Wildman–Crippen MR) is 68.4 cm³/mol. The average Bonchev–Trinajstić information content (AvgIpc) is 2.61. The fourth-order valence-corrected chi connectivity index (χ4v) is 2.30. The minimum absolute atomic E-state index is 0.0806. The van der Waals surface area contributed by atoms with E-state index in [2.05, 4.69) is 5.10 Å². The van der Waals surface area contributed by atoms with E-state index in [0.29, 0.717) is 6.54 Å².